The Balaban J connectivity index is 2.08. The van der Waals surface area contributed by atoms with Crippen molar-refractivity contribution in [1.82, 2.24) is 10.3 Å². The van der Waals surface area contributed by atoms with Gasteiger partial charge in [-0.1, -0.05) is 12.1 Å². The molecule has 0 bridgehead atoms. The molecule has 0 aliphatic heterocycles. The van der Waals surface area contributed by atoms with Gasteiger partial charge in [-0.25, -0.2) is 4.98 Å². The van der Waals surface area contributed by atoms with Crippen LogP contribution in [0.5, 0.6) is 0 Å². The van der Waals surface area contributed by atoms with Crippen LogP contribution in [0, 0.1) is 24.0 Å². The quantitative estimate of drug-likeness (QED) is 0.670. The molecule has 0 aliphatic carbocycles. The van der Waals surface area contributed by atoms with Gasteiger partial charge in [0.25, 0.3) is 5.69 Å². The van der Waals surface area contributed by atoms with E-state index in [-0.39, 0.29) is 16.7 Å². The zero-order valence-electron chi connectivity index (χ0n) is 11.7. The highest BCUT2D eigenvalue weighted by Gasteiger charge is 2.15. The highest BCUT2D eigenvalue weighted by molar-refractivity contribution is 5.44. The number of nitrogens with one attached hydrogen (secondary N) is 1. The first-order chi connectivity index (χ1) is 9.49. The van der Waals surface area contributed by atoms with E-state index in [0.29, 0.717) is 18.0 Å². The molecule has 1 N–H and O–H groups in total. The average molecular weight is 275 g/mol. The van der Waals surface area contributed by atoms with Crippen molar-refractivity contribution >= 4 is 5.69 Å². The molecule has 1 unspecified atom stereocenters. The van der Waals surface area contributed by atoms with Gasteiger partial charge in [-0.2, -0.15) is 0 Å². The summed E-state index contributed by atoms with van der Waals surface area (Å²) in [7, 11) is 0. The topological polar surface area (TPSA) is 81.2 Å². The second kappa shape index (κ2) is 5.83. The van der Waals surface area contributed by atoms with Crippen LogP contribution in [0.3, 0.4) is 0 Å². The van der Waals surface area contributed by atoms with Crippen molar-refractivity contribution in [3.05, 3.63) is 57.3 Å². The maximum Gasteiger partial charge on any atom is 0.272 e. The number of hydrogen-bond donors (Lipinski definition) is 1. The largest absolute Gasteiger partial charge is 0.444 e. The molecule has 2 rings (SSSR count). The summed E-state index contributed by atoms with van der Waals surface area (Å²) in [6.07, 6.45) is 1.67. The molecule has 0 fully saturated rings. The van der Waals surface area contributed by atoms with E-state index in [9.17, 15) is 10.1 Å². The predicted octanol–water partition coefficient (Wildman–Crippen LogP) is 3.05. The third-order valence-corrected chi connectivity index (χ3v) is 3.22. The lowest BCUT2D eigenvalue weighted by Gasteiger charge is -2.12. The van der Waals surface area contributed by atoms with E-state index >= 15 is 0 Å². The summed E-state index contributed by atoms with van der Waals surface area (Å²) < 4.78 is 5.44. The second-order valence-electron chi connectivity index (χ2n) is 4.73. The van der Waals surface area contributed by atoms with E-state index in [2.05, 4.69) is 10.3 Å². The molecule has 2 aromatic rings. The van der Waals surface area contributed by atoms with Gasteiger partial charge in [0, 0.05) is 18.2 Å². The van der Waals surface area contributed by atoms with E-state index in [0.717, 1.165) is 11.3 Å². The monoisotopic (exact) mass is 275 g/mol. The molecule has 20 heavy (non-hydrogen) atoms. The number of benzene rings is 1. The Morgan fingerprint density at radius 1 is 1.45 bits per heavy atom. The zero-order chi connectivity index (χ0) is 14.7. The average Bonchev–Trinajstić information content (AvgIpc) is 2.83. The standard InChI is InChI=1S/C14H17N3O3/c1-9-7-16-14(20-9)11(3)15-8-12-5-4-6-13(10(12)2)17(18)19/h4-7,11,15H,8H2,1-3H3. The molecular weight excluding hydrogens is 258 g/mol. The van der Waals surface area contributed by atoms with Crippen molar-refractivity contribution < 1.29 is 9.34 Å². The summed E-state index contributed by atoms with van der Waals surface area (Å²) in [6, 6.07) is 5.03. The zero-order valence-corrected chi connectivity index (χ0v) is 11.7. The lowest BCUT2D eigenvalue weighted by atomic mass is 10.1. The molecule has 0 amide bonds. The van der Waals surface area contributed by atoms with Gasteiger partial charge >= 0.3 is 0 Å². The third kappa shape index (κ3) is 3.03. The number of nitro benzene ring substituents is 1. The fourth-order valence-electron chi connectivity index (χ4n) is 1.98. The molecule has 0 saturated carbocycles. The number of nitrogens with zero attached hydrogens (tertiary/aromatic N) is 2. The molecule has 0 saturated heterocycles. The van der Waals surface area contributed by atoms with Gasteiger partial charge in [-0.15, -0.1) is 0 Å². The van der Waals surface area contributed by atoms with E-state index < -0.39 is 0 Å². The minimum Gasteiger partial charge on any atom is -0.444 e. The van der Waals surface area contributed by atoms with Crippen LogP contribution >= 0.6 is 0 Å². The Morgan fingerprint density at radius 3 is 2.80 bits per heavy atom. The second-order valence-corrected chi connectivity index (χ2v) is 4.73. The SMILES string of the molecule is Cc1cnc(C(C)NCc2cccc([N+](=O)[O-])c2C)o1. The molecule has 0 radical (unpaired) electrons. The van der Waals surface area contributed by atoms with Crippen molar-refractivity contribution in [2.45, 2.75) is 33.4 Å². The Labute approximate surface area is 117 Å². The summed E-state index contributed by atoms with van der Waals surface area (Å²) in [5.74, 6) is 1.38. The Morgan fingerprint density at radius 2 is 2.20 bits per heavy atom. The van der Waals surface area contributed by atoms with Crippen LogP contribution in [0.1, 0.15) is 35.7 Å². The van der Waals surface area contributed by atoms with Crippen LogP contribution in [0.25, 0.3) is 0 Å². The van der Waals surface area contributed by atoms with Crippen LogP contribution in [0.4, 0.5) is 5.69 Å². The van der Waals surface area contributed by atoms with Crippen molar-refractivity contribution in [3.63, 3.8) is 0 Å². The van der Waals surface area contributed by atoms with Gasteiger partial charge in [0.2, 0.25) is 5.89 Å². The minimum absolute atomic E-state index is 0.0534. The third-order valence-electron chi connectivity index (χ3n) is 3.22. The van der Waals surface area contributed by atoms with Crippen LogP contribution in [-0.2, 0) is 6.54 Å². The Hall–Kier alpha value is -2.21. The minimum atomic E-state index is -0.361. The number of nitro groups is 1. The molecule has 1 aromatic carbocycles. The van der Waals surface area contributed by atoms with Gasteiger partial charge < -0.3 is 9.73 Å². The normalized spacial score (nSPS) is 12.3. The highest BCUT2D eigenvalue weighted by Crippen LogP contribution is 2.21. The fourth-order valence-corrected chi connectivity index (χ4v) is 1.98. The van der Waals surface area contributed by atoms with E-state index in [4.69, 9.17) is 4.42 Å². The Kier molecular flexibility index (Phi) is 4.14. The Bertz CT molecular complexity index is 622. The van der Waals surface area contributed by atoms with Crippen LogP contribution in [0.15, 0.2) is 28.8 Å². The lowest BCUT2D eigenvalue weighted by molar-refractivity contribution is -0.385. The molecule has 6 heteroatoms. The first-order valence-corrected chi connectivity index (χ1v) is 6.37. The van der Waals surface area contributed by atoms with E-state index in [1.165, 1.54) is 6.07 Å². The molecule has 1 aromatic heterocycles. The number of rotatable bonds is 5. The smallest absolute Gasteiger partial charge is 0.272 e. The van der Waals surface area contributed by atoms with Crippen LogP contribution in [-0.4, -0.2) is 9.91 Å². The van der Waals surface area contributed by atoms with Gasteiger partial charge in [-0.3, -0.25) is 10.1 Å². The summed E-state index contributed by atoms with van der Waals surface area (Å²) in [5.41, 5.74) is 1.72. The molecule has 0 spiro atoms. The molecule has 1 atom stereocenters. The summed E-state index contributed by atoms with van der Waals surface area (Å²) in [4.78, 5) is 14.7. The number of aryl methyl sites for hydroxylation is 1. The number of oxazole rings is 1. The lowest BCUT2D eigenvalue weighted by Crippen LogP contribution is -2.19. The van der Waals surface area contributed by atoms with Gasteiger partial charge in [0.1, 0.15) is 5.76 Å². The maximum absolute atomic E-state index is 10.9. The van der Waals surface area contributed by atoms with Crippen molar-refractivity contribution in [2.75, 3.05) is 0 Å². The molecule has 0 aliphatic rings. The summed E-state index contributed by atoms with van der Waals surface area (Å²) in [6.45, 7) is 6.07. The summed E-state index contributed by atoms with van der Waals surface area (Å²) in [5, 5.41) is 14.2. The van der Waals surface area contributed by atoms with Gasteiger partial charge in [0.05, 0.1) is 17.2 Å². The summed E-state index contributed by atoms with van der Waals surface area (Å²) >= 11 is 0. The highest BCUT2D eigenvalue weighted by atomic mass is 16.6. The number of aromatic nitrogens is 1. The predicted molar refractivity (Wildman–Crippen MR) is 74.3 cm³/mol. The molecular formula is C14H17N3O3. The fraction of sp³-hybridized carbons (Fsp3) is 0.357. The molecule has 6 nitrogen and oxygen atoms in total. The van der Waals surface area contributed by atoms with Gasteiger partial charge in [0.15, 0.2) is 0 Å². The number of hydrogen-bond acceptors (Lipinski definition) is 5. The van der Waals surface area contributed by atoms with Crippen molar-refractivity contribution in [3.8, 4) is 0 Å². The first-order valence-electron chi connectivity index (χ1n) is 6.37. The molecule has 106 valence electrons. The van der Waals surface area contributed by atoms with Crippen LogP contribution < -0.4 is 5.32 Å². The first kappa shape index (κ1) is 14.2. The van der Waals surface area contributed by atoms with Gasteiger partial charge in [-0.05, 0) is 26.3 Å². The molecule has 1 heterocycles. The van der Waals surface area contributed by atoms with Crippen molar-refractivity contribution in [2.24, 2.45) is 0 Å². The van der Waals surface area contributed by atoms with E-state index in [1.807, 2.05) is 19.9 Å². The van der Waals surface area contributed by atoms with Crippen molar-refractivity contribution in [1.29, 1.82) is 0 Å². The van der Waals surface area contributed by atoms with E-state index in [1.54, 1.807) is 19.2 Å². The van der Waals surface area contributed by atoms with Crippen LogP contribution in [0.2, 0.25) is 0 Å². The maximum atomic E-state index is 10.9.